The Balaban J connectivity index is 2.69. The van der Waals surface area contributed by atoms with E-state index in [0.717, 1.165) is 11.6 Å². The molecule has 0 atom stereocenters. The first-order valence-electron chi connectivity index (χ1n) is 4.73. The number of benzene rings is 1. The van der Waals surface area contributed by atoms with Crippen LogP contribution >= 0.6 is 0 Å². The van der Waals surface area contributed by atoms with E-state index in [1.165, 1.54) is 0 Å². The first kappa shape index (κ1) is 12.6. The molecule has 0 fully saturated rings. The van der Waals surface area contributed by atoms with Gasteiger partial charge in [0.15, 0.2) is 0 Å². The highest BCUT2D eigenvalue weighted by atomic mass is 16.4. The molecule has 1 aromatic rings. The third-order valence-corrected chi connectivity index (χ3v) is 1.90. The molecule has 0 saturated heterocycles. The van der Waals surface area contributed by atoms with Crippen LogP contribution in [0.15, 0.2) is 47.8 Å². The fourth-order valence-electron chi connectivity index (χ4n) is 1.13. The number of rotatable bonds is 5. The van der Waals surface area contributed by atoms with E-state index in [2.05, 4.69) is 5.29 Å². The summed E-state index contributed by atoms with van der Waals surface area (Å²) in [5.41, 5.74) is 0.726. The van der Waals surface area contributed by atoms with Crippen LogP contribution in [-0.2, 0) is 16.1 Å². The molecule has 17 heavy (non-hydrogen) atoms. The van der Waals surface area contributed by atoms with Gasteiger partial charge in [0.25, 0.3) is 5.91 Å². The predicted octanol–water partition coefficient (Wildman–Crippen LogP) is 1.34. The molecule has 0 radical (unpaired) electrons. The fourth-order valence-corrected chi connectivity index (χ4v) is 1.13. The molecule has 0 heterocycles. The smallest absolute Gasteiger partial charge is 0.328 e. The Hall–Kier alpha value is -2.50. The molecule has 0 aliphatic heterocycles. The average molecular weight is 234 g/mol. The maximum Gasteiger partial charge on any atom is 0.328 e. The minimum absolute atomic E-state index is 0.00708. The minimum Gasteiger partial charge on any atom is -0.478 e. The van der Waals surface area contributed by atoms with Crippen LogP contribution in [-0.4, -0.2) is 22.0 Å². The Bertz CT molecular complexity index is 442. The van der Waals surface area contributed by atoms with Gasteiger partial charge in [-0.3, -0.25) is 4.79 Å². The van der Waals surface area contributed by atoms with E-state index in [1.54, 1.807) is 30.3 Å². The molecule has 0 unspecified atom stereocenters. The molecule has 0 saturated carbocycles. The molecule has 0 spiro atoms. The second-order valence-corrected chi connectivity index (χ2v) is 3.13. The summed E-state index contributed by atoms with van der Waals surface area (Å²) in [5.74, 6) is -2.03. The second-order valence-electron chi connectivity index (χ2n) is 3.13. The van der Waals surface area contributed by atoms with E-state index in [1.807, 2.05) is 0 Å². The number of amides is 1. The van der Waals surface area contributed by atoms with Crippen molar-refractivity contribution in [3.8, 4) is 0 Å². The number of aliphatic carboxylic acids is 1. The first-order valence-corrected chi connectivity index (χ1v) is 4.73. The van der Waals surface area contributed by atoms with E-state index in [4.69, 9.17) is 5.11 Å². The Labute approximate surface area is 97.1 Å². The van der Waals surface area contributed by atoms with Gasteiger partial charge in [0.2, 0.25) is 0 Å². The van der Waals surface area contributed by atoms with E-state index >= 15 is 0 Å². The van der Waals surface area contributed by atoms with Gasteiger partial charge in [-0.1, -0.05) is 30.3 Å². The van der Waals surface area contributed by atoms with E-state index < -0.39 is 11.9 Å². The van der Waals surface area contributed by atoms with Gasteiger partial charge >= 0.3 is 5.97 Å². The van der Waals surface area contributed by atoms with Gasteiger partial charge in [0.1, 0.15) is 0 Å². The lowest BCUT2D eigenvalue weighted by Crippen LogP contribution is -2.22. The van der Waals surface area contributed by atoms with Gasteiger partial charge < -0.3 is 5.11 Å². The highest BCUT2D eigenvalue weighted by molar-refractivity contribution is 5.93. The number of carboxylic acid groups (broad SMARTS) is 1. The normalized spacial score (nSPS) is 10.1. The SMILES string of the molecule is O=NN(Cc1ccccc1)C(=O)C=CC(=O)O. The lowest BCUT2D eigenvalue weighted by Gasteiger charge is -2.10. The second kappa shape index (κ2) is 6.16. The summed E-state index contributed by atoms with van der Waals surface area (Å²) >= 11 is 0. The summed E-state index contributed by atoms with van der Waals surface area (Å²) in [6.45, 7) is 0.00708. The maximum atomic E-state index is 11.4. The summed E-state index contributed by atoms with van der Waals surface area (Å²) in [6, 6.07) is 8.78. The minimum atomic E-state index is -1.26. The molecule has 0 aliphatic carbocycles. The molecule has 1 N–H and O–H groups in total. The van der Waals surface area contributed by atoms with Crippen LogP contribution in [0.1, 0.15) is 5.56 Å². The molecular weight excluding hydrogens is 224 g/mol. The molecule has 0 bridgehead atoms. The van der Waals surface area contributed by atoms with E-state index in [0.29, 0.717) is 11.1 Å². The Morgan fingerprint density at radius 2 is 1.88 bits per heavy atom. The van der Waals surface area contributed by atoms with Gasteiger partial charge in [-0.05, 0) is 5.56 Å². The summed E-state index contributed by atoms with van der Waals surface area (Å²) in [5, 5.41) is 11.5. The molecule has 88 valence electrons. The van der Waals surface area contributed by atoms with Crippen molar-refractivity contribution in [3.05, 3.63) is 53.0 Å². The van der Waals surface area contributed by atoms with Gasteiger partial charge in [-0.2, -0.15) is 5.01 Å². The first-order chi connectivity index (χ1) is 8.13. The van der Waals surface area contributed by atoms with Crippen LogP contribution in [0.5, 0.6) is 0 Å². The van der Waals surface area contributed by atoms with Crippen molar-refractivity contribution < 1.29 is 14.7 Å². The molecule has 1 amide bonds. The van der Waals surface area contributed by atoms with Crippen LogP contribution < -0.4 is 0 Å². The number of carboxylic acids is 1. The maximum absolute atomic E-state index is 11.4. The van der Waals surface area contributed by atoms with Gasteiger partial charge in [-0.25, -0.2) is 4.79 Å². The fraction of sp³-hybridized carbons (Fsp3) is 0.0909. The van der Waals surface area contributed by atoms with Gasteiger partial charge in [0, 0.05) is 12.2 Å². The Morgan fingerprint density at radius 1 is 1.24 bits per heavy atom. The van der Waals surface area contributed by atoms with Crippen LogP contribution in [0.25, 0.3) is 0 Å². The third kappa shape index (κ3) is 4.25. The lowest BCUT2D eigenvalue weighted by atomic mass is 10.2. The average Bonchev–Trinajstić information content (AvgIpc) is 2.34. The molecule has 0 aliphatic rings. The summed E-state index contributed by atoms with van der Waals surface area (Å²) in [7, 11) is 0. The molecule has 0 aromatic heterocycles. The summed E-state index contributed by atoms with van der Waals surface area (Å²) < 4.78 is 0. The van der Waals surface area contributed by atoms with Crippen molar-refractivity contribution in [3.63, 3.8) is 0 Å². The zero-order valence-electron chi connectivity index (χ0n) is 8.81. The largest absolute Gasteiger partial charge is 0.478 e. The Kier molecular flexibility index (Phi) is 4.56. The number of carbonyl (C=O) groups excluding carboxylic acids is 1. The molecule has 6 heteroatoms. The zero-order chi connectivity index (χ0) is 12.7. The summed E-state index contributed by atoms with van der Waals surface area (Å²) in [4.78, 5) is 32.0. The lowest BCUT2D eigenvalue weighted by molar-refractivity contribution is -0.132. The molecule has 1 aromatic carbocycles. The summed E-state index contributed by atoms with van der Waals surface area (Å²) in [6.07, 6.45) is 1.44. The van der Waals surface area contributed by atoms with Crippen molar-refractivity contribution in [2.45, 2.75) is 6.54 Å². The van der Waals surface area contributed by atoms with Crippen molar-refractivity contribution in [1.29, 1.82) is 0 Å². The monoisotopic (exact) mass is 234 g/mol. The number of hydrogen-bond acceptors (Lipinski definition) is 4. The molecule has 1 rings (SSSR count). The third-order valence-electron chi connectivity index (χ3n) is 1.90. The van der Waals surface area contributed by atoms with E-state index in [9.17, 15) is 14.5 Å². The zero-order valence-corrected chi connectivity index (χ0v) is 8.81. The topological polar surface area (TPSA) is 87.0 Å². The van der Waals surface area contributed by atoms with Crippen molar-refractivity contribution in [2.24, 2.45) is 5.29 Å². The van der Waals surface area contributed by atoms with Crippen molar-refractivity contribution >= 4 is 11.9 Å². The quantitative estimate of drug-likeness (QED) is 0.473. The van der Waals surface area contributed by atoms with Crippen LogP contribution in [0.2, 0.25) is 0 Å². The number of hydrogen-bond donors (Lipinski definition) is 1. The standard InChI is InChI=1S/C11H10N2O4/c14-10(6-7-11(15)16)13(12-17)8-9-4-2-1-3-5-9/h1-7H,8H2,(H,15,16). The number of carbonyl (C=O) groups is 2. The highest BCUT2D eigenvalue weighted by Gasteiger charge is 2.11. The molecule has 6 nitrogen and oxygen atoms in total. The predicted molar refractivity (Wildman–Crippen MR) is 59.6 cm³/mol. The van der Waals surface area contributed by atoms with Gasteiger partial charge in [0.05, 0.1) is 11.8 Å². The van der Waals surface area contributed by atoms with Crippen molar-refractivity contribution in [2.75, 3.05) is 0 Å². The van der Waals surface area contributed by atoms with Crippen LogP contribution in [0.4, 0.5) is 0 Å². The molecular formula is C11H10N2O4. The van der Waals surface area contributed by atoms with Crippen molar-refractivity contribution in [1.82, 2.24) is 5.01 Å². The number of nitroso groups, excluding NO2 is 1. The number of nitrogens with zero attached hydrogens (tertiary/aromatic N) is 2. The Morgan fingerprint density at radius 3 is 2.41 bits per heavy atom. The van der Waals surface area contributed by atoms with Gasteiger partial charge in [-0.15, -0.1) is 4.91 Å². The van der Waals surface area contributed by atoms with Crippen LogP contribution in [0.3, 0.4) is 0 Å². The van der Waals surface area contributed by atoms with E-state index in [-0.39, 0.29) is 6.54 Å². The van der Waals surface area contributed by atoms with Crippen LogP contribution in [0, 0.1) is 4.91 Å². The highest BCUT2D eigenvalue weighted by Crippen LogP contribution is 2.05.